The fourth-order valence-corrected chi connectivity index (χ4v) is 1.46. The number of rotatable bonds is 2. The van der Waals surface area contributed by atoms with Gasteiger partial charge in [0.1, 0.15) is 12.1 Å². The standard InChI is InChI=1S/C10H9ClFN3O/c1-14-6-13-15(10(14)16)5-7-2-3-8(11)9(12)4-7/h2-4,6H,5H2,1H3. The monoisotopic (exact) mass is 241 g/mol. The van der Waals surface area contributed by atoms with Crippen molar-refractivity contribution in [1.82, 2.24) is 14.3 Å². The second-order valence-electron chi connectivity index (χ2n) is 3.43. The fourth-order valence-electron chi connectivity index (χ4n) is 1.34. The molecule has 6 heteroatoms. The van der Waals surface area contributed by atoms with Gasteiger partial charge in [0.15, 0.2) is 0 Å². The van der Waals surface area contributed by atoms with Gasteiger partial charge in [0, 0.05) is 7.05 Å². The molecule has 1 aromatic carbocycles. The minimum absolute atomic E-state index is 0.0668. The van der Waals surface area contributed by atoms with E-state index in [-0.39, 0.29) is 17.3 Å². The first-order valence-electron chi connectivity index (χ1n) is 4.60. The highest BCUT2D eigenvalue weighted by Gasteiger charge is 2.05. The molecule has 16 heavy (non-hydrogen) atoms. The van der Waals surface area contributed by atoms with Gasteiger partial charge in [-0.25, -0.2) is 13.9 Å². The molecule has 0 radical (unpaired) electrons. The number of aromatic nitrogens is 3. The van der Waals surface area contributed by atoms with Gasteiger partial charge in [-0.15, -0.1) is 0 Å². The van der Waals surface area contributed by atoms with E-state index in [1.165, 1.54) is 27.7 Å². The third-order valence-electron chi connectivity index (χ3n) is 2.20. The number of nitrogens with zero attached hydrogens (tertiary/aromatic N) is 3. The average molecular weight is 242 g/mol. The molecule has 0 bridgehead atoms. The first-order chi connectivity index (χ1) is 7.58. The van der Waals surface area contributed by atoms with E-state index in [2.05, 4.69) is 5.10 Å². The van der Waals surface area contributed by atoms with E-state index >= 15 is 0 Å². The van der Waals surface area contributed by atoms with E-state index < -0.39 is 5.82 Å². The Labute approximate surface area is 95.9 Å². The summed E-state index contributed by atoms with van der Waals surface area (Å²) in [6, 6.07) is 4.41. The van der Waals surface area contributed by atoms with E-state index in [4.69, 9.17) is 11.6 Å². The lowest BCUT2D eigenvalue weighted by Crippen LogP contribution is -2.23. The topological polar surface area (TPSA) is 39.8 Å². The van der Waals surface area contributed by atoms with Crippen molar-refractivity contribution >= 4 is 11.6 Å². The first kappa shape index (κ1) is 10.9. The Bertz CT molecular complexity index is 576. The van der Waals surface area contributed by atoms with Crippen molar-refractivity contribution in [3.63, 3.8) is 0 Å². The number of hydrogen-bond acceptors (Lipinski definition) is 2. The SMILES string of the molecule is Cn1cnn(Cc2ccc(Cl)c(F)c2)c1=O. The molecule has 2 rings (SSSR count). The van der Waals surface area contributed by atoms with Crippen molar-refractivity contribution in [3.05, 3.63) is 51.4 Å². The van der Waals surface area contributed by atoms with Crippen LogP contribution in [0.5, 0.6) is 0 Å². The van der Waals surface area contributed by atoms with Crippen LogP contribution in [0.2, 0.25) is 5.02 Å². The van der Waals surface area contributed by atoms with E-state index in [0.29, 0.717) is 5.56 Å². The van der Waals surface area contributed by atoms with Gasteiger partial charge in [-0.2, -0.15) is 5.10 Å². The molecule has 0 amide bonds. The second kappa shape index (κ2) is 4.09. The van der Waals surface area contributed by atoms with Crippen LogP contribution in [0.4, 0.5) is 4.39 Å². The van der Waals surface area contributed by atoms with E-state index in [0.717, 1.165) is 0 Å². The first-order valence-corrected chi connectivity index (χ1v) is 4.98. The van der Waals surface area contributed by atoms with Crippen molar-refractivity contribution in [1.29, 1.82) is 0 Å². The van der Waals surface area contributed by atoms with Gasteiger partial charge < -0.3 is 0 Å². The van der Waals surface area contributed by atoms with Crippen LogP contribution in [0.1, 0.15) is 5.56 Å². The maximum absolute atomic E-state index is 13.1. The zero-order valence-electron chi connectivity index (χ0n) is 8.52. The highest BCUT2D eigenvalue weighted by atomic mass is 35.5. The fraction of sp³-hybridized carbons (Fsp3) is 0.200. The second-order valence-corrected chi connectivity index (χ2v) is 3.84. The quantitative estimate of drug-likeness (QED) is 0.798. The van der Waals surface area contributed by atoms with Crippen LogP contribution in [0.15, 0.2) is 29.3 Å². The summed E-state index contributed by atoms with van der Waals surface area (Å²) < 4.78 is 15.7. The zero-order chi connectivity index (χ0) is 11.7. The molecule has 0 aliphatic carbocycles. The number of benzene rings is 1. The minimum atomic E-state index is -0.497. The summed E-state index contributed by atoms with van der Waals surface area (Å²) in [6.45, 7) is 0.230. The Morgan fingerprint density at radius 2 is 2.25 bits per heavy atom. The molecule has 0 saturated carbocycles. The van der Waals surface area contributed by atoms with Gasteiger partial charge in [0.25, 0.3) is 0 Å². The Kier molecular flexibility index (Phi) is 2.78. The van der Waals surface area contributed by atoms with Crippen LogP contribution in [-0.2, 0) is 13.6 Å². The van der Waals surface area contributed by atoms with Crippen molar-refractivity contribution in [2.75, 3.05) is 0 Å². The van der Waals surface area contributed by atoms with Gasteiger partial charge in [-0.1, -0.05) is 17.7 Å². The summed E-state index contributed by atoms with van der Waals surface area (Å²) in [6.07, 6.45) is 1.41. The van der Waals surface area contributed by atoms with Crippen LogP contribution in [0.25, 0.3) is 0 Å². The van der Waals surface area contributed by atoms with Crippen molar-refractivity contribution < 1.29 is 4.39 Å². The lowest BCUT2D eigenvalue weighted by atomic mass is 10.2. The average Bonchev–Trinajstić information content (AvgIpc) is 2.55. The lowest BCUT2D eigenvalue weighted by Gasteiger charge is -2.01. The summed E-state index contributed by atoms with van der Waals surface area (Å²) in [4.78, 5) is 11.5. The zero-order valence-corrected chi connectivity index (χ0v) is 9.28. The third kappa shape index (κ3) is 1.99. The molecule has 0 atom stereocenters. The van der Waals surface area contributed by atoms with Crippen molar-refractivity contribution in [2.45, 2.75) is 6.54 Å². The molecule has 0 N–H and O–H groups in total. The maximum atomic E-state index is 13.1. The number of hydrogen-bond donors (Lipinski definition) is 0. The summed E-state index contributed by atoms with van der Waals surface area (Å²) in [5.74, 6) is -0.497. The van der Waals surface area contributed by atoms with E-state index in [1.807, 2.05) is 0 Å². The molecule has 1 aromatic heterocycles. The Balaban J connectivity index is 2.31. The largest absolute Gasteiger partial charge is 0.345 e. The van der Waals surface area contributed by atoms with Gasteiger partial charge >= 0.3 is 5.69 Å². The van der Waals surface area contributed by atoms with Crippen LogP contribution in [0.3, 0.4) is 0 Å². The molecule has 84 valence electrons. The Morgan fingerprint density at radius 3 is 2.81 bits per heavy atom. The molecular weight excluding hydrogens is 233 g/mol. The van der Waals surface area contributed by atoms with Crippen LogP contribution >= 0.6 is 11.6 Å². The van der Waals surface area contributed by atoms with Crippen molar-refractivity contribution in [2.24, 2.45) is 7.05 Å². The molecule has 0 fully saturated rings. The molecule has 0 spiro atoms. The minimum Gasteiger partial charge on any atom is -0.285 e. The van der Waals surface area contributed by atoms with Gasteiger partial charge in [0.2, 0.25) is 0 Å². The molecule has 0 aliphatic rings. The maximum Gasteiger partial charge on any atom is 0.345 e. The highest BCUT2D eigenvalue weighted by molar-refractivity contribution is 6.30. The normalized spacial score (nSPS) is 10.7. The van der Waals surface area contributed by atoms with Gasteiger partial charge in [-0.05, 0) is 17.7 Å². The molecule has 0 aliphatic heterocycles. The van der Waals surface area contributed by atoms with Gasteiger partial charge in [0.05, 0.1) is 11.6 Å². The molecule has 0 unspecified atom stereocenters. The smallest absolute Gasteiger partial charge is 0.285 e. The van der Waals surface area contributed by atoms with Crippen LogP contribution < -0.4 is 5.69 Å². The lowest BCUT2D eigenvalue weighted by molar-refractivity contribution is 0.613. The Morgan fingerprint density at radius 1 is 1.50 bits per heavy atom. The van der Waals surface area contributed by atoms with Crippen LogP contribution in [-0.4, -0.2) is 14.3 Å². The summed E-state index contributed by atoms with van der Waals surface area (Å²) in [7, 11) is 1.61. The predicted molar refractivity (Wildman–Crippen MR) is 58.0 cm³/mol. The molecule has 1 heterocycles. The van der Waals surface area contributed by atoms with E-state index in [9.17, 15) is 9.18 Å². The van der Waals surface area contributed by atoms with Gasteiger partial charge in [-0.3, -0.25) is 4.57 Å². The molecular formula is C10H9ClFN3O. The number of halogens is 2. The summed E-state index contributed by atoms with van der Waals surface area (Å²) in [5, 5.41) is 3.94. The number of aryl methyl sites for hydroxylation is 1. The Hall–Kier alpha value is -1.62. The molecule has 2 aromatic rings. The van der Waals surface area contributed by atoms with Crippen LogP contribution in [0, 0.1) is 5.82 Å². The van der Waals surface area contributed by atoms with Crippen molar-refractivity contribution in [3.8, 4) is 0 Å². The highest BCUT2D eigenvalue weighted by Crippen LogP contribution is 2.15. The van der Waals surface area contributed by atoms with E-state index in [1.54, 1.807) is 13.1 Å². The summed E-state index contributed by atoms with van der Waals surface area (Å²) in [5.41, 5.74) is 0.401. The summed E-state index contributed by atoms with van der Waals surface area (Å²) >= 11 is 5.56. The molecule has 4 nitrogen and oxygen atoms in total. The molecule has 0 saturated heterocycles. The predicted octanol–water partition coefficient (Wildman–Crippen LogP) is 1.42. The third-order valence-corrected chi connectivity index (χ3v) is 2.51.